The summed E-state index contributed by atoms with van der Waals surface area (Å²) in [6.45, 7) is 0. The van der Waals surface area contributed by atoms with Gasteiger partial charge in [0.15, 0.2) is 10.8 Å². The summed E-state index contributed by atoms with van der Waals surface area (Å²) in [5, 5.41) is 6.10. The molecule has 7 heteroatoms. The Hall–Kier alpha value is -3.97. The smallest absolute Gasteiger partial charge is 0.364 e. The number of hydrogen-bond donors (Lipinski definition) is 1. The molecule has 2 N–H and O–H groups in total. The van der Waals surface area contributed by atoms with Crippen molar-refractivity contribution >= 4 is 28.1 Å². The Labute approximate surface area is 190 Å². The van der Waals surface area contributed by atoms with Gasteiger partial charge in [0, 0.05) is 0 Å². The second kappa shape index (κ2) is 9.45. The Balaban J connectivity index is 2.00. The third kappa shape index (κ3) is 3.98. The third-order valence-corrected chi connectivity index (χ3v) is 5.70. The fraction of sp³-hybridized carbons (Fsp3) is 0.0800. The van der Waals surface area contributed by atoms with Crippen LogP contribution in [-0.4, -0.2) is 23.8 Å². The zero-order valence-electron chi connectivity index (χ0n) is 17.3. The fourth-order valence-corrected chi connectivity index (χ4v) is 4.25. The van der Waals surface area contributed by atoms with E-state index >= 15 is 0 Å². The summed E-state index contributed by atoms with van der Waals surface area (Å²) >= 11 is 1.19. The first kappa shape index (κ1) is 21.3. The molecule has 0 aliphatic rings. The lowest BCUT2D eigenvalue weighted by molar-refractivity contribution is -0.127. The van der Waals surface area contributed by atoms with Gasteiger partial charge >= 0.3 is 5.97 Å². The highest BCUT2D eigenvalue weighted by atomic mass is 32.1. The molecule has 1 heterocycles. The third-order valence-electron chi connectivity index (χ3n) is 5.05. The average Bonchev–Trinajstić information content (AvgIpc) is 3.25. The largest absolute Gasteiger partial charge is 0.402 e. The molecule has 0 radical (unpaired) electrons. The molecule has 0 spiro atoms. The first-order valence-electron chi connectivity index (χ1n) is 9.87. The standard InChI is InChI=1S/C25H21N3O3S/c1-30-28-22(23(29)31-21-17-32-24(26)27-21)25(18-11-5-2-6-12-18,19-13-7-3-8-14-19)20-15-9-4-10-16-20/h2-17H,1H3,(H2,26,27). The van der Waals surface area contributed by atoms with Crippen LogP contribution in [0.25, 0.3) is 0 Å². The SMILES string of the molecule is CON=C(C(=O)Oc1csc(N)n1)C(c1ccccc1)(c1ccccc1)c1ccccc1. The summed E-state index contributed by atoms with van der Waals surface area (Å²) in [6, 6.07) is 29.1. The minimum absolute atomic E-state index is 0.0650. The van der Waals surface area contributed by atoms with E-state index in [-0.39, 0.29) is 11.6 Å². The molecule has 6 nitrogen and oxygen atoms in total. The van der Waals surface area contributed by atoms with Crippen molar-refractivity contribution in [2.45, 2.75) is 5.41 Å². The molecule has 0 saturated heterocycles. The number of hydrogen-bond acceptors (Lipinski definition) is 7. The van der Waals surface area contributed by atoms with Crippen molar-refractivity contribution in [3.63, 3.8) is 0 Å². The number of oxime groups is 1. The van der Waals surface area contributed by atoms with Crippen LogP contribution in [0.1, 0.15) is 16.7 Å². The van der Waals surface area contributed by atoms with Crippen LogP contribution >= 0.6 is 11.3 Å². The van der Waals surface area contributed by atoms with Crippen LogP contribution in [0.2, 0.25) is 0 Å². The summed E-state index contributed by atoms with van der Waals surface area (Å²) in [4.78, 5) is 22.8. The lowest BCUT2D eigenvalue weighted by Gasteiger charge is -2.35. The van der Waals surface area contributed by atoms with E-state index in [4.69, 9.17) is 15.3 Å². The van der Waals surface area contributed by atoms with Gasteiger partial charge in [-0.3, -0.25) is 0 Å². The van der Waals surface area contributed by atoms with Crippen LogP contribution in [0.15, 0.2) is 102 Å². The zero-order valence-corrected chi connectivity index (χ0v) is 18.2. The van der Waals surface area contributed by atoms with Gasteiger partial charge in [-0.25, -0.2) is 4.79 Å². The average molecular weight is 444 g/mol. The van der Waals surface area contributed by atoms with Gasteiger partial charge in [-0.1, -0.05) is 96.2 Å². The topological polar surface area (TPSA) is 86.8 Å². The molecule has 0 bridgehead atoms. The van der Waals surface area contributed by atoms with Crippen molar-refractivity contribution in [1.29, 1.82) is 0 Å². The van der Waals surface area contributed by atoms with Gasteiger partial charge in [0.25, 0.3) is 0 Å². The van der Waals surface area contributed by atoms with E-state index in [0.29, 0.717) is 5.13 Å². The molecule has 4 rings (SSSR count). The first-order valence-corrected chi connectivity index (χ1v) is 10.8. The minimum Gasteiger partial charge on any atom is -0.402 e. The molecule has 1 aromatic heterocycles. The summed E-state index contributed by atoms with van der Waals surface area (Å²) in [6.07, 6.45) is 0. The minimum atomic E-state index is -1.10. The van der Waals surface area contributed by atoms with E-state index in [1.165, 1.54) is 18.4 Å². The lowest BCUT2D eigenvalue weighted by Crippen LogP contribution is -2.44. The molecule has 0 saturated carbocycles. The number of nitrogen functional groups attached to an aromatic ring is 1. The number of carbonyl (C=O) groups excluding carboxylic acids is 1. The van der Waals surface area contributed by atoms with Gasteiger partial charge in [-0.05, 0) is 16.7 Å². The van der Waals surface area contributed by atoms with E-state index < -0.39 is 11.4 Å². The Morgan fingerprint density at radius 1 is 0.875 bits per heavy atom. The van der Waals surface area contributed by atoms with E-state index in [2.05, 4.69) is 10.1 Å². The summed E-state index contributed by atoms with van der Waals surface area (Å²) < 4.78 is 5.59. The molecule has 160 valence electrons. The number of ether oxygens (including phenoxy) is 1. The highest BCUT2D eigenvalue weighted by Crippen LogP contribution is 2.41. The summed E-state index contributed by atoms with van der Waals surface area (Å²) in [7, 11) is 1.40. The Morgan fingerprint density at radius 2 is 1.34 bits per heavy atom. The molecule has 0 fully saturated rings. The predicted octanol–water partition coefficient (Wildman–Crippen LogP) is 4.67. The number of carbonyl (C=O) groups is 1. The Morgan fingerprint density at radius 3 is 1.72 bits per heavy atom. The molecule has 4 aromatic rings. The second-order valence-corrected chi connectivity index (χ2v) is 7.77. The zero-order chi connectivity index (χ0) is 22.4. The van der Waals surface area contributed by atoms with E-state index in [0.717, 1.165) is 16.7 Å². The maximum atomic E-state index is 13.6. The van der Waals surface area contributed by atoms with Gasteiger partial charge in [0.05, 0.1) is 10.8 Å². The number of aromatic nitrogens is 1. The number of benzene rings is 3. The number of anilines is 1. The van der Waals surface area contributed by atoms with Crippen LogP contribution in [-0.2, 0) is 15.0 Å². The molecule has 0 aliphatic carbocycles. The van der Waals surface area contributed by atoms with Crippen molar-refractivity contribution in [3.8, 4) is 5.88 Å². The molecular weight excluding hydrogens is 422 g/mol. The second-order valence-electron chi connectivity index (χ2n) is 6.88. The van der Waals surface area contributed by atoms with Crippen LogP contribution in [0.4, 0.5) is 5.13 Å². The maximum absolute atomic E-state index is 13.6. The number of nitrogens with two attached hydrogens (primary N) is 1. The van der Waals surface area contributed by atoms with Gasteiger partial charge in [-0.2, -0.15) is 4.98 Å². The van der Waals surface area contributed by atoms with Gasteiger partial charge in [-0.15, -0.1) is 11.3 Å². The highest BCUT2D eigenvalue weighted by Gasteiger charge is 2.46. The maximum Gasteiger partial charge on any atom is 0.364 e. The quantitative estimate of drug-likeness (QED) is 0.194. The van der Waals surface area contributed by atoms with Gasteiger partial charge < -0.3 is 15.3 Å². The lowest BCUT2D eigenvalue weighted by atomic mass is 9.66. The van der Waals surface area contributed by atoms with Crippen LogP contribution in [0, 0.1) is 0 Å². The van der Waals surface area contributed by atoms with Crippen LogP contribution in [0.5, 0.6) is 5.88 Å². The monoisotopic (exact) mass is 443 g/mol. The normalized spacial score (nSPS) is 11.7. The number of thiazole rings is 1. The molecule has 0 aliphatic heterocycles. The molecular formula is C25H21N3O3S. The van der Waals surface area contributed by atoms with E-state index in [1.807, 2.05) is 91.0 Å². The number of rotatable bonds is 7. The van der Waals surface area contributed by atoms with Gasteiger partial charge in [0.2, 0.25) is 5.88 Å². The predicted molar refractivity (Wildman–Crippen MR) is 126 cm³/mol. The number of esters is 1. The van der Waals surface area contributed by atoms with Crippen molar-refractivity contribution in [3.05, 3.63) is 113 Å². The van der Waals surface area contributed by atoms with Crippen molar-refractivity contribution in [1.82, 2.24) is 4.98 Å². The molecule has 0 amide bonds. The molecule has 32 heavy (non-hydrogen) atoms. The Kier molecular flexibility index (Phi) is 6.28. The summed E-state index contributed by atoms with van der Waals surface area (Å²) in [5.41, 5.74) is 7.18. The molecule has 0 atom stereocenters. The van der Waals surface area contributed by atoms with Crippen molar-refractivity contribution in [2.24, 2.45) is 5.16 Å². The highest BCUT2D eigenvalue weighted by molar-refractivity contribution is 7.13. The molecule has 0 unspecified atom stereocenters. The van der Waals surface area contributed by atoms with Crippen LogP contribution in [0.3, 0.4) is 0 Å². The fourth-order valence-electron chi connectivity index (χ4n) is 3.79. The van der Waals surface area contributed by atoms with Crippen molar-refractivity contribution in [2.75, 3.05) is 12.8 Å². The summed E-state index contributed by atoms with van der Waals surface area (Å²) in [5.74, 6) is -0.571. The van der Waals surface area contributed by atoms with Gasteiger partial charge in [0.1, 0.15) is 7.11 Å². The van der Waals surface area contributed by atoms with Crippen molar-refractivity contribution < 1.29 is 14.4 Å². The Bertz CT molecular complexity index is 1110. The van der Waals surface area contributed by atoms with E-state index in [9.17, 15) is 4.79 Å². The first-order chi connectivity index (χ1) is 15.7. The van der Waals surface area contributed by atoms with Crippen LogP contribution < -0.4 is 10.5 Å². The van der Waals surface area contributed by atoms with E-state index in [1.54, 1.807) is 5.38 Å². The molecule has 3 aromatic carbocycles. The number of nitrogens with zero attached hydrogens (tertiary/aromatic N) is 2.